The maximum atomic E-state index is 13.3. The van der Waals surface area contributed by atoms with Crippen LogP contribution in [0.4, 0.5) is 5.69 Å². The van der Waals surface area contributed by atoms with E-state index in [1.165, 1.54) is 0 Å². The summed E-state index contributed by atoms with van der Waals surface area (Å²) in [5.74, 6) is -1.07. The van der Waals surface area contributed by atoms with E-state index in [4.69, 9.17) is 17.2 Å². The van der Waals surface area contributed by atoms with Gasteiger partial charge in [0.15, 0.2) is 0 Å². The lowest BCUT2D eigenvalue weighted by molar-refractivity contribution is -0.131. The number of hydrogen-bond acceptors (Lipinski definition) is 7. The molecular formula is C28H37N7O3. The monoisotopic (exact) mass is 519 g/mol. The van der Waals surface area contributed by atoms with Crippen molar-refractivity contribution < 1.29 is 14.4 Å². The normalized spacial score (nSPS) is 12.5. The number of nitrogens with two attached hydrogens (primary N) is 3. The Morgan fingerprint density at radius 1 is 0.974 bits per heavy atom. The first-order chi connectivity index (χ1) is 18.3. The number of anilines is 1. The van der Waals surface area contributed by atoms with Crippen LogP contribution in [0.1, 0.15) is 24.0 Å². The van der Waals surface area contributed by atoms with Crippen molar-refractivity contribution in [2.24, 2.45) is 17.2 Å². The molecule has 2 aromatic carbocycles. The van der Waals surface area contributed by atoms with Gasteiger partial charge in [0.1, 0.15) is 6.04 Å². The highest BCUT2D eigenvalue weighted by Gasteiger charge is 2.25. The molecule has 0 fully saturated rings. The molecule has 38 heavy (non-hydrogen) atoms. The predicted molar refractivity (Wildman–Crippen MR) is 149 cm³/mol. The number of aromatic nitrogens is 1. The van der Waals surface area contributed by atoms with Crippen LogP contribution in [0.5, 0.6) is 0 Å². The topological polar surface area (TPSA) is 169 Å². The number of hydrogen-bond donors (Lipinski definition) is 5. The Morgan fingerprint density at radius 3 is 2.34 bits per heavy atom. The van der Waals surface area contributed by atoms with Crippen molar-refractivity contribution in [2.75, 3.05) is 31.5 Å². The van der Waals surface area contributed by atoms with Crippen LogP contribution in [-0.2, 0) is 20.8 Å². The van der Waals surface area contributed by atoms with Gasteiger partial charge in [-0.2, -0.15) is 0 Å². The van der Waals surface area contributed by atoms with Crippen LogP contribution >= 0.6 is 0 Å². The fourth-order valence-electron chi connectivity index (χ4n) is 4.06. The van der Waals surface area contributed by atoms with E-state index < -0.39 is 23.9 Å². The number of carbonyl (C=O) groups excluding carboxylic acids is 3. The number of aryl methyl sites for hydroxylation is 1. The third kappa shape index (κ3) is 8.34. The summed E-state index contributed by atoms with van der Waals surface area (Å²) in [5, 5.41) is 6.52. The molecule has 10 heteroatoms. The minimum atomic E-state index is -0.966. The number of para-hydroxylation sites is 1. The van der Waals surface area contributed by atoms with Gasteiger partial charge in [-0.1, -0.05) is 48.0 Å². The molecule has 202 valence electrons. The summed E-state index contributed by atoms with van der Waals surface area (Å²) in [7, 11) is 0. The van der Waals surface area contributed by atoms with Crippen molar-refractivity contribution in [2.45, 2.75) is 38.3 Å². The fourth-order valence-corrected chi connectivity index (χ4v) is 4.06. The second kappa shape index (κ2) is 14.2. The Kier molecular flexibility index (Phi) is 10.7. The van der Waals surface area contributed by atoms with Crippen molar-refractivity contribution in [3.63, 3.8) is 0 Å². The molecule has 0 saturated carbocycles. The predicted octanol–water partition coefficient (Wildman–Crippen LogP) is 1.06. The van der Waals surface area contributed by atoms with E-state index in [-0.39, 0.29) is 25.2 Å². The largest absolute Gasteiger partial charge is 0.343 e. The summed E-state index contributed by atoms with van der Waals surface area (Å²) in [6, 6.07) is 15.3. The van der Waals surface area contributed by atoms with Gasteiger partial charge in [-0.25, -0.2) is 0 Å². The number of carbonyl (C=O) groups is 3. The molecule has 0 aliphatic heterocycles. The molecule has 2 atom stereocenters. The molecule has 0 bridgehead atoms. The number of nitrogens with zero attached hydrogens (tertiary/aromatic N) is 2. The Labute approximate surface area is 222 Å². The molecule has 1 aromatic heterocycles. The summed E-state index contributed by atoms with van der Waals surface area (Å²) in [6.07, 6.45) is 2.05. The number of amides is 3. The third-order valence-corrected chi connectivity index (χ3v) is 6.21. The molecule has 8 N–H and O–H groups in total. The van der Waals surface area contributed by atoms with Gasteiger partial charge in [-0.15, -0.1) is 0 Å². The summed E-state index contributed by atoms with van der Waals surface area (Å²) in [4.78, 5) is 44.7. The number of nitrogens with one attached hydrogen (secondary N) is 2. The average molecular weight is 520 g/mol. The second-order valence-electron chi connectivity index (χ2n) is 9.26. The highest BCUT2D eigenvalue weighted by atomic mass is 16.2. The van der Waals surface area contributed by atoms with Crippen molar-refractivity contribution in [3.05, 3.63) is 71.9 Å². The molecule has 3 rings (SSSR count). The smallest absolute Gasteiger partial charge is 0.247 e. The zero-order chi connectivity index (χ0) is 27.5. The molecule has 0 radical (unpaired) electrons. The first-order valence-electron chi connectivity index (χ1n) is 12.8. The summed E-state index contributed by atoms with van der Waals surface area (Å²) >= 11 is 0. The molecular weight excluding hydrogens is 482 g/mol. The lowest BCUT2D eigenvalue weighted by Crippen LogP contribution is -2.51. The van der Waals surface area contributed by atoms with E-state index in [1.807, 2.05) is 61.5 Å². The third-order valence-electron chi connectivity index (χ3n) is 6.21. The highest BCUT2D eigenvalue weighted by molar-refractivity contribution is 5.99. The number of benzene rings is 2. The highest BCUT2D eigenvalue weighted by Crippen LogP contribution is 2.17. The van der Waals surface area contributed by atoms with Crippen molar-refractivity contribution in [3.8, 4) is 0 Å². The van der Waals surface area contributed by atoms with Crippen LogP contribution in [0.15, 0.2) is 60.8 Å². The van der Waals surface area contributed by atoms with Crippen LogP contribution in [0, 0.1) is 6.92 Å². The van der Waals surface area contributed by atoms with Gasteiger partial charge >= 0.3 is 0 Å². The molecule has 3 amide bonds. The van der Waals surface area contributed by atoms with Crippen molar-refractivity contribution in [1.29, 1.82) is 0 Å². The maximum Gasteiger partial charge on any atom is 0.247 e. The lowest BCUT2D eigenvalue weighted by atomic mass is 10.0. The van der Waals surface area contributed by atoms with Gasteiger partial charge < -0.3 is 32.7 Å². The van der Waals surface area contributed by atoms with Gasteiger partial charge in [0, 0.05) is 44.4 Å². The van der Waals surface area contributed by atoms with Gasteiger partial charge in [0.2, 0.25) is 17.7 Å². The van der Waals surface area contributed by atoms with E-state index in [2.05, 4.69) is 15.6 Å². The van der Waals surface area contributed by atoms with Crippen LogP contribution in [0.2, 0.25) is 0 Å². The van der Waals surface area contributed by atoms with Crippen LogP contribution in [-0.4, -0.2) is 65.9 Å². The second-order valence-corrected chi connectivity index (χ2v) is 9.26. The van der Waals surface area contributed by atoms with Gasteiger partial charge in [0.05, 0.1) is 23.4 Å². The summed E-state index contributed by atoms with van der Waals surface area (Å²) in [5.41, 5.74) is 20.6. The zero-order valence-corrected chi connectivity index (χ0v) is 21.7. The van der Waals surface area contributed by atoms with E-state index in [1.54, 1.807) is 11.1 Å². The van der Waals surface area contributed by atoms with E-state index >= 15 is 0 Å². The SMILES string of the molecule is Cc1ccc(CC(NC(=O)C(N)CCC(=O)N(CCN)CCN)C(=O)Nc2cnc3ccccc3c2)cc1. The van der Waals surface area contributed by atoms with Gasteiger partial charge in [0.25, 0.3) is 0 Å². The van der Waals surface area contributed by atoms with Gasteiger partial charge in [-0.05, 0) is 31.0 Å². The Balaban J connectivity index is 1.68. The van der Waals surface area contributed by atoms with Crippen LogP contribution in [0.3, 0.4) is 0 Å². The molecule has 3 aromatic rings. The molecule has 0 spiro atoms. The zero-order valence-electron chi connectivity index (χ0n) is 21.7. The summed E-state index contributed by atoms with van der Waals surface area (Å²) in [6.45, 7) is 3.40. The first-order valence-corrected chi connectivity index (χ1v) is 12.8. The van der Waals surface area contributed by atoms with Gasteiger partial charge in [-0.3, -0.25) is 19.4 Å². The fraction of sp³-hybridized carbons (Fsp3) is 0.357. The minimum Gasteiger partial charge on any atom is -0.343 e. The van der Waals surface area contributed by atoms with Crippen molar-refractivity contribution in [1.82, 2.24) is 15.2 Å². The van der Waals surface area contributed by atoms with Crippen molar-refractivity contribution >= 4 is 34.3 Å². The Bertz CT molecular complexity index is 1230. The first kappa shape index (κ1) is 28.7. The molecule has 0 aliphatic carbocycles. The van der Waals surface area contributed by atoms with Crippen LogP contribution < -0.4 is 27.8 Å². The average Bonchev–Trinajstić information content (AvgIpc) is 2.92. The maximum absolute atomic E-state index is 13.3. The number of rotatable bonds is 13. The Morgan fingerprint density at radius 2 is 1.66 bits per heavy atom. The molecule has 1 heterocycles. The minimum absolute atomic E-state index is 0.0756. The summed E-state index contributed by atoms with van der Waals surface area (Å²) < 4.78 is 0. The quantitative estimate of drug-likeness (QED) is 0.225. The molecule has 10 nitrogen and oxygen atoms in total. The lowest BCUT2D eigenvalue weighted by Gasteiger charge is -2.23. The van der Waals surface area contributed by atoms with E-state index in [0.717, 1.165) is 22.0 Å². The standard InChI is InChI=1S/C28H37N7O3/c1-19-6-8-20(9-7-19)16-25(28(38)33-22-17-21-4-2-3-5-24(21)32-18-22)34-27(37)23(31)10-11-26(36)35(14-12-29)15-13-30/h2-9,17-18,23,25H,10-16,29-31H2,1H3,(H,33,38)(H,34,37). The van der Waals surface area contributed by atoms with E-state index in [9.17, 15) is 14.4 Å². The molecule has 0 aliphatic rings. The Hall–Kier alpha value is -3.86. The van der Waals surface area contributed by atoms with Crippen LogP contribution in [0.25, 0.3) is 10.9 Å². The molecule has 2 unspecified atom stereocenters. The molecule has 0 saturated heterocycles. The number of fused-ring (bicyclic) bond motifs is 1. The van der Waals surface area contributed by atoms with E-state index in [0.29, 0.717) is 31.9 Å². The number of pyridine rings is 1.